The number of amides is 2. The molecule has 35 heavy (non-hydrogen) atoms. The van der Waals surface area contributed by atoms with E-state index < -0.39 is 28.5 Å². The Balaban J connectivity index is 2.39. The minimum Gasteiger partial charge on any atom is -0.352 e. The number of hydrogen-bond donors (Lipinski definition) is 1. The van der Waals surface area contributed by atoms with Gasteiger partial charge in [0.1, 0.15) is 6.04 Å². The van der Waals surface area contributed by atoms with Gasteiger partial charge in [0.2, 0.25) is 21.8 Å². The average Bonchev–Trinajstić information content (AvgIpc) is 2.80. The van der Waals surface area contributed by atoms with Gasteiger partial charge in [-0.25, -0.2) is 8.42 Å². The van der Waals surface area contributed by atoms with Crippen molar-refractivity contribution in [3.8, 4) is 0 Å². The van der Waals surface area contributed by atoms with Crippen molar-refractivity contribution in [1.29, 1.82) is 0 Å². The van der Waals surface area contributed by atoms with Crippen LogP contribution in [0.5, 0.6) is 0 Å². The second-order valence-electron chi connectivity index (χ2n) is 8.18. The molecule has 1 N–H and O–H groups in total. The number of halogens is 3. The lowest BCUT2D eigenvalue weighted by Gasteiger charge is -2.33. The average molecular weight is 563 g/mol. The van der Waals surface area contributed by atoms with Crippen molar-refractivity contribution in [3.63, 3.8) is 0 Å². The molecule has 0 heterocycles. The third kappa shape index (κ3) is 7.57. The summed E-state index contributed by atoms with van der Waals surface area (Å²) in [5.41, 5.74) is 0.474. The maximum Gasteiger partial charge on any atom is 0.243 e. The first-order chi connectivity index (χ1) is 16.4. The number of nitrogens with zero attached hydrogens (tertiary/aromatic N) is 2. The maximum absolute atomic E-state index is 13.5. The zero-order valence-electron chi connectivity index (χ0n) is 20.1. The van der Waals surface area contributed by atoms with Gasteiger partial charge in [-0.3, -0.25) is 9.59 Å². The van der Waals surface area contributed by atoms with Crippen LogP contribution >= 0.6 is 34.8 Å². The molecule has 2 aromatic carbocycles. The highest BCUT2D eigenvalue weighted by atomic mass is 35.5. The second kappa shape index (κ2) is 12.9. The van der Waals surface area contributed by atoms with Gasteiger partial charge in [-0.15, -0.1) is 0 Å². The maximum atomic E-state index is 13.5. The molecule has 2 aromatic rings. The highest BCUT2D eigenvalue weighted by molar-refractivity contribution is 7.89. The molecule has 0 aliphatic heterocycles. The minimum atomic E-state index is -3.97. The normalized spacial score (nSPS) is 13.4. The molecule has 2 rings (SSSR count). The van der Waals surface area contributed by atoms with Gasteiger partial charge in [0.25, 0.3) is 0 Å². The first kappa shape index (κ1) is 29.4. The highest BCUT2D eigenvalue weighted by Crippen LogP contribution is 2.27. The van der Waals surface area contributed by atoms with E-state index in [1.54, 1.807) is 25.1 Å². The summed E-state index contributed by atoms with van der Waals surface area (Å²) in [7, 11) is -2.67. The van der Waals surface area contributed by atoms with Gasteiger partial charge in [-0.05, 0) is 56.2 Å². The van der Waals surface area contributed by atoms with E-state index in [4.69, 9.17) is 34.8 Å². The van der Waals surface area contributed by atoms with E-state index in [2.05, 4.69) is 5.32 Å². The fourth-order valence-electron chi connectivity index (χ4n) is 3.37. The zero-order chi connectivity index (χ0) is 26.3. The van der Waals surface area contributed by atoms with Gasteiger partial charge in [0.15, 0.2) is 0 Å². The van der Waals surface area contributed by atoms with Gasteiger partial charge >= 0.3 is 0 Å². The molecule has 7 nitrogen and oxygen atoms in total. The Morgan fingerprint density at radius 2 is 1.54 bits per heavy atom. The number of nitrogens with one attached hydrogen (secondary N) is 1. The third-order valence-corrected chi connectivity index (χ3v) is 8.43. The van der Waals surface area contributed by atoms with E-state index in [0.29, 0.717) is 33.5 Å². The zero-order valence-corrected chi connectivity index (χ0v) is 23.2. The molecule has 0 aliphatic carbocycles. The molecule has 0 aromatic heterocycles. The lowest BCUT2D eigenvalue weighted by molar-refractivity contribution is -0.141. The van der Waals surface area contributed by atoms with Crippen LogP contribution in [-0.2, 0) is 26.2 Å². The van der Waals surface area contributed by atoms with Gasteiger partial charge in [0.05, 0.1) is 11.4 Å². The third-order valence-electron chi connectivity index (χ3n) is 5.66. The van der Waals surface area contributed by atoms with Crippen molar-refractivity contribution in [2.24, 2.45) is 0 Å². The summed E-state index contributed by atoms with van der Waals surface area (Å²) in [6.07, 6.45) is 1.03. The van der Waals surface area contributed by atoms with E-state index >= 15 is 0 Å². The largest absolute Gasteiger partial charge is 0.352 e. The highest BCUT2D eigenvalue weighted by Gasteiger charge is 2.33. The summed E-state index contributed by atoms with van der Waals surface area (Å²) in [6.45, 7) is 5.05. The summed E-state index contributed by atoms with van der Waals surface area (Å²) in [4.78, 5) is 27.9. The van der Waals surface area contributed by atoms with E-state index in [0.717, 1.165) is 4.31 Å². The van der Waals surface area contributed by atoms with Crippen LogP contribution in [-0.4, -0.2) is 55.1 Å². The molecule has 0 aliphatic rings. The van der Waals surface area contributed by atoms with E-state index in [-0.39, 0.29) is 23.4 Å². The number of likely N-dealkylation sites (N-methyl/N-ethyl adjacent to an activating group) is 1. The Labute approximate surface area is 222 Å². The minimum absolute atomic E-state index is 0.000506. The molecule has 0 unspecified atom stereocenters. The Bertz CT molecular complexity index is 1120. The van der Waals surface area contributed by atoms with Gasteiger partial charge in [0, 0.05) is 40.3 Å². The summed E-state index contributed by atoms with van der Waals surface area (Å²) < 4.78 is 27.0. The van der Waals surface area contributed by atoms with Gasteiger partial charge in [-0.1, -0.05) is 54.7 Å². The number of sulfonamides is 1. The molecule has 0 spiro atoms. The van der Waals surface area contributed by atoms with Gasteiger partial charge < -0.3 is 10.2 Å². The lowest BCUT2D eigenvalue weighted by Crippen LogP contribution is -2.53. The predicted molar refractivity (Wildman–Crippen MR) is 140 cm³/mol. The topological polar surface area (TPSA) is 86.8 Å². The van der Waals surface area contributed by atoms with Crippen molar-refractivity contribution in [2.75, 3.05) is 13.6 Å². The first-order valence-electron chi connectivity index (χ1n) is 11.2. The number of benzene rings is 2. The monoisotopic (exact) mass is 561 g/mol. The van der Waals surface area contributed by atoms with Crippen LogP contribution in [0.2, 0.25) is 15.1 Å². The van der Waals surface area contributed by atoms with E-state index in [1.807, 2.05) is 13.8 Å². The standard InChI is InChI=1S/C24H30Cl3N3O4S/c1-5-16(3)28-24(32)22(6-2)30(14-19-20(26)8-7-9-21(19)27)23(31)15-29(4)35(33,34)18-12-10-17(25)11-13-18/h7-13,16,22H,5-6,14-15H2,1-4H3,(H,28,32)/t16-,22-/m1/s1. The Hall–Kier alpha value is -1.84. The van der Waals surface area contributed by atoms with Crippen molar-refractivity contribution in [2.45, 2.75) is 57.1 Å². The Morgan fingerprint density at radius 3 is 2.06 bits per heavy atom. The van der Waals surface area contributed by atoms with Crippen molar-refractivity contribution < 1.29 is 18.0 Å². The molecule has 0 fully saturated rings. The lowest BCUT2D eigenvalue weighted by atomic mass is 10.1. The van der Waals surface area contributed by atoms with Crippen LogP contribution in [0.4, 0.5) is 0 Å². The van der Waals surface area contributed by atoms with Crippen LogP contribution in [0.15, 0.2) is 47.4 Å². The van der Waals surface area contributed by atoms with Crippen LogP contribution in [0.25, 0.3) is 0 Å². The molecule has 0 bridgehead atoms. The Morgan fingerprint density at radius 1 is 0.971 bits per heavy atom. The SMILES string of the molecule is CC[C@@H](C)NC(=O)[C@@H](CC)N(Cc1c(Cl)cccc1Cl)C(=O)CN(C)S(=O)(=O)c1ccc(Cl)cc1. The Kier molecular flexibility index (Phi) is 10.9. The molecule has 0 saturated heterocycles. The van der Waals surface area contributed by atoms with Gasteiger partial charge in [-0.2, -0.15) is 4.31 Å². The molecule has 192 valence electrons. The first-order valence-corrected chi connectivity index (χ1v) is 13.7. The van der Waals surface area contributed by atoms with Crippen LogP contribution in [0.3, 0.4) is 0 Å². The molecule has 2 atom stereocenters. The van der Waals surface area contributed by atoms with E-state index in [1.165, 1.54) is 36.2 Å². The molecular weight excluding hydrogens is 533 g/mol. The molecule has 0 saturated carbocycles. The van der Waals surface area contributed by atoms with Crippen molar-refractivity contribution >= 4 is 56.6 Å². The summed E-state index contributed by atoms with van der Waals surface area (Å²) in [5, 5.41) is 3.98. The number of rotatable bonds is 11. The molecule has 0 radical (unpaired) electrons. The second-order valence-corrected chi connectivity index (χ2v) is 11.5. The summed E-state index contributed by atoms with van der Waals surface area (Å²) in [5.74, 6) is -0.895. The fourth-order valence-corrected chi connectivity index (χ4v) is 5.13. The predicted octanol–water partition coefficient (Wildman–Crippen LogP) is 4.99. The van der Waals surface area contributed by atoms with E-state index in [9.17, 15) is 18.0 Å². The number of hydrogen-bond acceptors (Lipinski definition) is 4. The van der Waals surface area contributed by atoms with Crippen LogP contribution in [0.1, 0.15) is 39.2 Å². The fraction of sp³-hybridized carbons (Fsp3) is 0.417. The van der Waals surface area contributed by atoms with Crippen molar-refractivity contribution in [1.82, 2.24) is 14.5 Å². The summed E-state index contributed by atoms with van der Waals surface area (Å²) in [6, 6.07) is 9.68. The molecule has 2 amide bonds. The quantitative estimate of drug-likeness (QED) is 0.418. The molecule has 11 heteroatoms. The number of carbonyl (C=O) groups is 2. The van der Waals surface area contributed by atoms with Crippen LogP contribution in [0, 0.1) is 0 Å². The van der Waals surface area contributed by atoms with Crippen molar-refractivity contribution in [3.05, 3.63) is 63.1 Å². The summed E-state index contributed by atoms with van der Waals surface area (Å²) >= 11 is 18.6. The molecular formula is C24H30Cl3N3O4S. The number of carbonyl (C=O) groups excluding carboxylic acids is 2. The smallest absolute Gasteiger partial charge is 0.243 e. The van der Waals surface area contributed by atoms with Crippen LogP contribution < -0.4 is 5.32 Å².